The van der Waals surface area contributed by atoms with Gasteiger partial charge in [0.15, 0.2) is 11.5 Å². The number of imidazole rings is 1. The molecule has 2 aliphatic rings. The van der Waals surface area contributed by atoms with Crippen LogP contribution < -0.4 is 11.1 Å². The maximum absolute atomic E-state index is 12.6. The number of anilines is 1. The number of carbonyl (C=O) groups is 2. The predicted molar refractivity (Wildman–Crippen MR) is 113 cm³/mol. The molecule has 1 heterocycles. The molecule has 154 valence electrons. The van der Waals surface area contributed by atoms with Gasteiger partial charge >= 0.3 is 0 Å². The minimum atomic E-state index is -0.231. The number of aryl methyl sites for hydroxylation is 1. The summed E-state index contributed by atoms with van der Waals surface area (Å²) in [5, 5.41) is 3.00. The number of benzene rings is 1. The van der Waals surface area contributed by atoms with E-state index in [0.717, 1.165) is 24.1 Å². The highest BCUT2D eigenvalue weighted by Gasteiger charge is 2.25. The number of hydrogen-bond acceptors (Lipinski definition) is 4. The van der Waals surface area contributed by atoms with Gasteiger partial charge in [0, 0.05) is 18.5 Å². The van der Waals surface area contributed by atoms with Crippen molar-refractivity contribution >= 4 is 17.5 Å². The van der Waals surface area contributed by atoms with Gasteiger partial charge in [0.25, 0.3) is 5.91 Å². The van der Waals surface area contributed by atoms with Gasteiger partial charge < -0.3 is 11.1 Å². The number of nitrogens with one attached hydrogen (secondary N) is 1. The van der Waals surface area contributed by atoms with Crippen LogP contribution in [0.4, 0.5) is 5.82 Å². The molecular formula is C23H30N4O2. The molecule has 0 bridgehead atoms. The molecule has 0 atom stereocenters. The third-order valence-electron chi connectivity index (χ3n) is 6.26. The van der Waals surface area contributed by atoms with Crippen molar-refractivity contribution in [2.75, 3.05) is 12.3 Å². The first-order valence-electron chi connectivity index (χ1n) is 10.8. The first kappa shape index (κ1) is 19.7. The fourth-order valence-corrected chi connectivity index (χ4v) is 4.18. The molecule has 1 aromatic heterocycles. The maximum atomic E-state index is 12.6. The van der Waals surface area contributed by atoms with Gasteiger partial charge in [0.2, 0.25) is 0 Å². The topological polar surface area (TPSA) is 90.0 Å². The third kappa shape index (κ3) is 4.52. The number of ketones is 1. The lowest BCUT2D eigenvalue weighted by Crippen LogP contribution is -2.31. The summed E-state index contributed by atoms with van der Waals surface area (Å²) in [5.74, 6) is 1.34. The van der Waals surface area contributed by atoms with Crippen LogP contribution in [0.15, 0.2) is 24.5 Å². The Kier molecular flexibility index (Phi) is 5.69. The van der Waals surface area contributed by atoms with Crippen LogP contribution in [0.2, 0.25) is 0 Å². The SMILES string of the molecule is Cc1ccc(C(=O)CC2CC2)cc1-n1cnc(C(=O)NCC2CCCCC2)c1N. The molecule has 0 spiro atoms. The first-order chi connectivity index (χ1) is 14.0. The molecule has 6 nitrogen and oxygen atoms in total. The van der Waals surface area contributed by atoms with Crippen LogP contribution in [0.5, 0.6) is 0 Å². The Morgan fingerprint density at radius 1 is 1.14 bits per heavy atom. The maximum Gasteiger partial charge on any atom is 0.273 e. The number of nitrogens with zero attached hydrogens (tertiary/aromatic N) is 2. The van der Waals surface area contributed by atoms with E-state index in [-0.39, 0.29) is 17.4 Å². The highest BCUT2D eigenvalue weighted by Crippen LogP contribution is 2.34. The van der Waals surface area contributed by atoms with Gasteiger partial charge in [-0.1, -0.05) is 31.4 Å². The number of aromatic nitrogens is 2. The second-order valence-electron chi connectivity index (χ2n) is 8.63. The predicted octanol–water partition coefficient (Wildman–Crippen LogP) is 4.06. The molecule has 0 saturated heterocycles. The number of Topliss-reactive ketones (excluding diaryl/α,β-unsaturated/α-hetero) is 1. The smallest absolute Gasteiger partial charge is 0.273 e. The minimum Gasteiger partial charge on any atom is -0.383 e. The molecule has 6 heteroatoms. The molecule has 0 radical (unpaired) electrons. The molecule has 0 unspecified atom stereocenters. The third-order valence-corrected chi connectivity index (χ3v) is 6.26. The molecule has 29 heavy (non-hydrogen) atoms. The average molecular weight is 395 g/mol. The van der Waals surface area contributed by atoms with E-state index < -0.39 is 0 Å². The van der Waals surface area contributed by atoms with Crippen molar-refractivity contribution in [2.45, 2.75) is 58.3 Å². The van der Waals surface area contributed by atoms with E-state index in [4.69, 9.17) is 5.73 Å². The number of amides is 1. The van der Waals surface area contributed by atoms with Crippen LogP contribution in [-0.4, -0.2) is 27.8 Å². The number of nitrogens with two attached hydrogens (primary N) is 1. The molecule has 1 amide bonds. The fourth-order valence-electron chi connectivity index (χ4n) is 4.18. The molecule has 4 rings (SSSR count). The number of hydrogen-bond donors (Lipinski definition) is 2. The van der Waals surface area contributed by atoms with E-state index >= 15 is 0 Å². The number of carbonyl (C=O) groups excluding carboxylic acids is 2. The van der Waals surface area contributed by atoms with Crippen molar-refractivity contribution in [1.29, 1.82) is 0 Å². The monoisotopic (exact) mass is 394 g/mol. The zero-order chi connectivity index (χ0) is 20.4. The quantitative estimate of drug-likeness (QED) is 0.693. The lowest BCUT2D eigenvalue weighted by atomic mass is 9.89. The van der Waals surface area contributed by atoms with Crippen molar-refractivity contribution in [3.8, 4) is 5.69 Å². The average Bonchev–Trinajstić information content (AvgIpc) is 3.46. The minimum absolute atomic E-state index is 0.165. The Bertz CT molecular complexity index is 908. The lowest BCUT2D eigenvalue weighted by Gasteiger charge is -2.21. The summed E-state index contributed by atoms with van der Waals surface area (Å²) in [6.45, 7) is 2.64. The summed E-state index contributed by atoms with van der Waals surface area (Å²) in [6, 6.07) is 5.66. The van der Waals surface area contributed by atoms with Crippen LogP contribution in [0.1, 0.15) is 77.8 Å². The van der Waals surface area contributed by atoms with Crippen molar-refractivity contribution in [2.24, 2.45) is 11.8 Å². The molecule has 3 N–H and O–H groups in total. The van der Waals surface area contributed by atoms with Gasteiger partial charge in [-0.2, -0.15) is 0 Å². The second-order valence-corrected chi connectivity index (χ2v) is 8.63. The molecule has 2 aliphatic carbocycles. The largest absolute Gasteiger partial charge is 0.383 e. The highest BCUT2D eigenvalue weighted by atomic mass is 16.2. The zero-order valence-corrected chi connectivity index (χ0v) is 17.1. The van der Waals surface area contributed by atoms with Crippen molar-refractivity contribution in [1.82, 2.24) is 14.9 Å². The second kappa shape index (κ2) is 8.39. The standard InChI is InChI=1S/C23H30N4O2/c1-15-7-10-18(20(28)11-16-8-9-16)12-19(15)27-14-26-21(22(27)24)23(29)25-13-17-5-3-2-4-6-17/h7,10,12,14,16-17H,2-6,8-9,11,13,24H2,1H3,(H,25,29). The fraction of sp³-hybridized carbons (Fsp3) is 0.522. The van der Waals surface area contributed by atoms with Crippen LogP contribution in [0.3, 0.4) is 0 Å². The summed E-state index contributed by atoms with van der Waals surface area (Å²) >= 11 is 0. The van der Waals surface area contributed by atoms with E-state index in [1.54, 1.807) is 10.9 Å². The van der Waals surface area contributed by atoms with Gasteiger partial charge in [-0.05, 0) is 56.1 Å². The molecule has 2 fully saturated rings. The zero-order valence-electron chi connectivity index (χ0n) is 17.1. The van der Waals surface area contributed by atoms with Gasteiger partial charge in [-0.3, -0.25) is 14.2 Å². The van der Waals surface area contributed by atoms with Crippen molar-refractivity contribution in [3.63, 3.8) is 0 Å². The van der Waals surface area contributed by atoms with Gasteiger partial charge in [-0.25, -0.2) is 4.98 Å². The molecule has 0 aliphatic heterocycles. The molecule has 2 saturated carbocycles. The summed E-state index contributed by atoms with van der Waals surface area (Å²) in [7, 11) is 0. The van der Waals surface area contributed by atoms with E-state index in [9.17, 15) is 9.59 Å². The Balaban J connectivity index is 1.49. The highest BCUT2D eigenvalue weighted by molar-refractivity contribution is 5.98. The normalized spacial score (nSPS) is 17.3. The number of nitrogen functional groups attached to an aromatic ring is 1. The molecular weight excluding hydrogens is 364 g/mol. The molecule has 1 aromatic carbocycles. The Labute approximate surface area is 171 Å². The van der Waals surface area contributed by atoms with Crippen LogP contribution >= 0.6 is 0 Å². The van der Waals surface area contributed by atoms with E-state index in [1.807, 2.05) is 25.1 Å². The van der Waals surface area contributed by atoms with Crippen molar-refractivity contribution in [3.05, 3.63) is 41.3 Å². The summed E-state index contributed by atoms with van der Waals surface area (Å²) in [6.07, 6.45) is 10.6. The van der Waals surface area contributed by atoms with Crippen molar-refractivity contribution < 1.29 is 9.59 Å². The van der Waals surface area contributed by atoms with Gasteiger partial charge in [-0.15, -0.1) is 0 Å². The summed E-state index contributed by atoms with van der Waals surface area (Å²) in [4.78, 5) is 29.4. The van der Waals surface area contributed by atoms with Crippen LogP contribution in [0.25, 0.3) is 5.69 Å². The van der Waals surface area contributed by atoms with Crippen LogP contribution in [0, 0.1) is 18.8 Å². The van der Waals surface area contributed by atoms with E-state index in [1.165, 1.54) is 32.1 Å². The van der Waals surface area contributed by atoms with Crippen LogP contribution in [-0.2, 0) is 0 Å². The lowest BCUT2D eigenvalue weighted by molar-refractivity contribution is 0.0938. The summed E-state index contributed by atoms with van der Waals surface area (Å²) in [5.41, 5.74) is 8.99. The van der Waals surface area contributed by atoms with Gasteiger partial charge in [0.05, 0.1) is 5.69 Å². The Morgan fingerprint density at radius 3 is 2.62 bits per heavy atom. The summed E-state index contributed by atoms with van der Waals surface area (Å²) < 4.78 is 1.71. The van der Waals surface area contributed by atoms with E-state index in [2.05, 4.69) is 10.3 Å². The Morgan fingerprint density at radius 2 is 1.90 bits per heavy atom. The molecule has 2 aromatic rings. The number of rotatable bonds is 7. The van der Waals surface area contributed by atoms with Gasteiger partial charge in [0.1, 0.15) is 12.1 Å². The van der Waals surface area contributed by atoms with E-state index in [0.29, 0.717) is 36.2 Å². The first-order valence-corrected chi connectivity index (χ1v) is 10.8. The Hall–Kier alpha value is -2.63.